The molecule has 0 N–H and O–H groups in total. The summed E-state index contributed by atoms with van der Waals surface area (Å²) in [6.07, 6.45) is 0. The lowest BCUT2D eigenvalue weighted by Crippen LogP contribution is -1.95. The highest BCUT2D eigenvalue weighted by molar-refractivity contribution is 6.10. The van der Waals surface area contributed by atoms with Crippen molar-refractivity contribution in [3.05, 3.63) is 152 Å². The van der Waals surface area contributed by atoms with E-state index in [0.29, 0.717) is 0 Å². The molecule has 0 aliphatic carbocycles. The Bertz CT molecular complexity index is 2180. The molecule has 192 valence electrons. The van der Waals surface area contributed by atoms with Crippen molar-refractivity contribution in [1.82, 2.24) is 14.5 Å². The monoisotopic (exact) mass is 523 g/mol. The lowest BCUT2D eigenvalue weighted by molar-refractivity contribution is 1.18. The Kier molecular flexibility index (Phi) is 5.46. The first-order valence-corrected chi connectivity index (χ1v) is 13.9. The molecule has 3 nitrogen and oxygen atoms in total. The van der Waals surface area contributed by atoms with Crippen molar-refractivity contribution >= 4 is 32.7 Å². The maximum absolute atomic E-state index is 5.09. The Labute approximate surface area is 238 Å². The number of aromatic nitrogens is 3. The van der Waals surface area contributed by atoms with Crippen LogP contribution in [-0.2, 0) is 0 Å². The molecule has 0 bridgehead atoms. The Morgan fingerprint density at radius 1 is 0.390 bits per heavy atom. The molecule has 8 rings (SSSR count). The summed E-state index contributed by atoms with van der Waals surface area (Å²) in [6, 6.07) is 53.1. The van der Waals surface area contributed by atoms with Crippen LogP contribution in [0.2, 0.25) is 0 Å². The number of hydrogen-bond donors (Lipinski definition) is 0. The highest BCUT2D eigenvalue weighted by atomic mass is 15.0. The SMILES string of the molecule is c1ccc(-c2nc(-c3ccccc3)c3cc(-c4ccc5c(c4)c4ccccc4n5-c4ccccc4)ccc3n2)cc1. The van der Waals surface area contributed by atoms with Gasteiger partial charge in [-0.25, -0.2) is 9.97 Å². The normalized spacial score (nSPS) is 11.4. The largest absolute Gasteiger partial charge is 0.309 e. The van der Waals surface area contributed by atoms with Gasteiger partial charge in [-0.15, -0.1) is 0 Å². The molecule has 3 heteroatoms. The molecule has 0 saturated carbocycles. The van der Waals surface area contributed by atoms with Crippen LogP contribution in [0.15, 0.2) is 152 Å². The Balaban J connectivity index is 1.33. The average molecular weight is 524 g/mol. The smallest absolute Gasteiger partial charge is 0.160 e. The first-order valence-electron chi connectivity index (χ1n) is 13.9. The molecule has 0 aliphatic heterocycles. The van der Waals surface area contributed by atoms with E-state index in [1.165, 1.54) is 27.4 Å². The summed E-state index contributed by atoms with van der Waals surface area (Å²) in [7, 11) is 0. The predicted molar refractivity (Wildman–Crippen MR) is 170 cm³/mol. The first-order chi connectivity index (χ1) is 20.3. The second-order valence-electron chi connectivity index (χ2n) is 10.3. The summed E-state index contributed by atoms with van der Waals surface area (Å²) in [5.74, 6) is 0.736. The van der Waals surface area contributed by atoms with Gasteiger partial charge in [0.15, 0.2) is 5.82 Å². The number of fused-ring (bicyclic) bond motifs is 4. The van der Waals surface area contributed by atoms with E-state index in [1.807, 2.05) is 24.3 Å². The molecule has 0 spiro atoms. The summed E-state index contributed by atoms with van der Waals surface area (Å²) in [5.41, 5.74) is 9.84. The quantitative estimate of drug-likeness (QED) is 0.230. The molecule has 0 fully saturated rings. The van der Waals surface area contributed by atoms with Crippen LogP contribution >= 0.6 is 0 Å². The molecular formula is C38H25N3. The first kappa shape index (κ1) is 23.4. The fourth-order valence-corrected chi connectivity index (χ4v) is 5.85. The summed E-state index contributed by atoms with van der Waals surface area (Å²) < 4.78 is 2.35. The van der Waals surface area contributed by atoms with E-state index in [4.69, 9.17) is 9.97 Å². The van der Waals surface area contributed by atoms with Crippen molar-refractivity contribution < 1.29 is 0 Å². The predicted octanol–water partition coefficient (Wildman–Crippen LogP) is 9.73. The van der Waals surface area contributed by atoms with E-state index in [1.54, 1.807) is 0 Å². The second-order valence-corrected chi connectivity index (χ2v) is 10.3. The van der Waals surface area contributed by atoms with Crippen LogP contribution in [0.25, 0.3) is 72.2 Å². The van der Waals surface area contributed by atoms with Crippen LogP contribution in [0.3, 0.4) is 0 Å². The Morgan fingerprint density at radius 2 is 0.976 bits per heavy atom. The molecular weight excluding hydrogens is 498 g/mol. The van der Waals surface area contributed by atoms with Crippen molar-refractivity contribution in [2.24, 2.45) is 0 Å². The van der Waals surface area contributed by atoms with E-state index in [2.05, 4.69) is 132 Å². The minimum atomic E-state index is 0.736. The van der Waals surface area contributed by atoms with E-state index in [0.717, 1.165) is 44.8 Å². The zero-order valence-electron chi connectivity index (χ0n) is 22.3. The minimum absolute atomic E-state index is 0.736. The topological polar surface area (TPSA) is 30.7 Å². The van der Waals surface area contributed by atoms with Crippen LogP contribution in [0.5, 0.6) is 0 Å². The molecule has 0 saturated heterocycles. The zero-order chi connectivity index (χ0) is 27.2. The van der Waals surface area contributed by atoms with Crippen molar-refractivity contribution in [2.75, 3.05) is 0 Å². The molecule has 6 aromatic carbocycles. The molecule has 0 atom stereocenters. The van der Waals surface area contributed by atoms with Gasteiger partial charge in [0.05, 0.1) is 22.2 Å². The van der Waals surface area contributed by atoms with Gasteiger partial charge in [0.2, 0.25) is 0 Å². The molecule has 0 radical (unpaired) electrons. The van der Waals surface area contributed by atoms with Crippen molar-refractivity contribution in [2.45, 2.75) is 0 Å². The Hall–Kier alpha value is -5.54. The number of nitrogens with zero attached hydrogens (tertiary/aromatic N) is 3. The fourth-order valence-electron chi connectivity index (χ4n) is 5.85. The average Bonchev–Trinajstić information content (AvgIpc) is 3.39. The molecule has 0 amide bonds. The summed E-state index contributed by atoms with van der Waals surface area (Å²) in [6.45, 7) is 0. The summed E-state index contributed by atoms with van der Waals surface area (Å²) >= 11 is 0. The van der Waals surface area contributed by atoms with Gasteiger partial charge in [0.25, 0.3) is 0 Å². The van der Waals surface area contributed by atoms with Crippen LogP contribution < -0.4 is 0 Å². The number of hydrogen-bond acceptors (Lipinski definition) is 2. The summed E-state index contributed by atoms with van der Waals surface area (Å²) in [5, 5.41) is 3.52. The maximum atomic E-state index is 5.09. The van der Waals surface area contributed by atoms with Crippen molar-refractivity contribution in [3.8, 4) is 39.5 Å². The number of benzene rings is 6. The van der Waals surface area contributed by atoms with Gasteiger partial charge in [0, 0.05) is 33.0 Å². The van der Waals surface area contributed by atoms with E-state index < -0.39 is 0 Å². The van der Waals surface area contributed by atoms with Gasteiger partial charge < -0.3 is 4.57 Å². The van der Waals surface area contributed by atoms with E-state index in [9.17, 15) is 0 Å². The third-order valence-electron chi connectivity index (χ3n) is 7.80. The lowest BCUT2D eigenvalue weighted by Gasteiger charge is -2.12. The number of para-hydroxylation sites is 2. The van der Waals surface area contributed by atoms with Gasteiger partial charge >= 0.3 is 0 Å². The molecule has 0 aliphatic rings. The third-order valence-corrected chi connectivity index (χ3v) is 7.80. The summed E-state index contributed by atoms with van der Waals surface area (Å²) in [4.78, 5) is 10.1. The van der Waals surface area contributed by atoms with E-state index >= 15 is 0 Å². The van der Waals surface area contributed by atoms with Crippen molar-refractivity contribution in [3.63, 3.8) is 0 Å². The highest BCUT2D eigenvalue weighted by Gasteiger charge is 2.15. The fraction of sp³-hybridized carbons (Fsp3) is 0. The molecule has 8 aromatic rings. The molecule has 2 aromatic heterocycles. The third kappa shape index (κ3) is 3.98. The molecule has 0 unspecified atom stereocenters. The highest BCUT2D eigenvalue weighted by Crippen LogP contribution is 2.37. The maximum Gasteiger partial charge on any atom is 0.160 e. The molecule has 2 heterocycles. The minimum Gasteiger partial charge on any atom is -0.309 e. The van der Waals surface area contributed by atoms with Crippen molar-refractivity contribution in [1.29, 1.82) is 0 Å². The van der Waals surface area contributed by atoms with Gasteiger partial charge in [-0.2, -0.15) is 0 Å². The molecule has 41 heavy (non-hydrogen) atoms. The van der Waals surface area contributed by atoms with Crippen LogP contribution in [0.4, 0.5) is 0 Å². The van der Waals surface area contributed by atoms with Gasteiger partial charge in [-0.1, -0.05) is 109 Å². The Morgan fingerprint density at radius 3 is 1.73 bits per heavy atom. The standard InChI is InChI=1S/C38H25N3/c1-4-12-26(13-5-1)37-33-25-28(20-22-34(33)39-38(40-37)27-14-6-2-7-15-27)29-21-23-36-32(24-29)31-18-10-11-19-35(31)41(36)30-16-8-3-9-17-30/h1-25H. The van der Waals surface area contributed by atoms with E-state index in [-0.39, 0.29) is 0 Å². The van der Waals surface area contributed by atoms with Gasteiger partial charge in [0.1, 0.15) is 0 Å². The lowest BCUT2D eigenvalue weighted by atomic mass is 9.98. The van der Waals surface area contributed by atoms with Crippen LogP contribution in [0, 0.1) is 0 Å². The van der Waals surface area contributed by atoms with Gasteiger partial charge in [-0.3, -0.25) is 0 Å². The van der Waals surface area contributed by atoms with Crippen LogP contribution in [0.1, 0.15) is 0 Å². The zero-order valence-corrected chi connectivity index (χ0v) is 22.3. The number of rotatable bonds is 4. The second kappa shape index (κ2) is 9.58. The van der Waals surface area contributed by atoms with Crippen LogP contribution in [-0.4, -0.2) is 14.5 Å². The van der Waals surface area contributed by atoms with Gasteiger partial charge in [-0.05, 0) is 53.6 Å².